The van der Waals surface area contributed by atoms with Gasteiger partial charge in [-0.1, -0.05) is 30.3 Å². The Morgan fingerprint density at radius 1 is 0.931 bits per heavy atom. The minimum atomic E-state index is -2.38. The van der Waals surface area contributed by atoms with E-state index in [0.29, 0.717) is 12.5 Å². The number of carbonyl (C=O) groups excluding carboxylic acids is 2. The monoisotopic (exact) mass is 413 g/mol. The predicted octanol–water partition coefficient (Wildman–Crippen LogP) is 3.84. The van der Waals surface area contributed by atoms with Crippen molar-refractivity contribution in [2.24, 2.45) is 0 Å². The molecule has 0 fully saturated rings. The number of hydrogen-bond donors (Lipinski definition) is 1. The molecule has 0 radical (unpaired) electrons. The molecule has 1 N–H and O–H groups in total. The van der Waals surface area contributed by atoms with Gasteiger partial charge in [0.05, 0.1) is 12.2 Å². The summed E-state index contributed by atoms with van der Waals surface area (Å²) in [4.78, 5) is 24.2. The molecule has 0 saturated carbocycles. The summed E-state index contributed by atoms with van der Waals surface area (Å²) in [5.74, 6) is -14.0. The van der Waals surface area contributed by atoms with Crippen molar-refractivity contribution in [3.8, 4) is 0 Å². The van der Waals surface area contributed by atoms with Crippen molar-refractivity contribution in [2.45, 2.75) is 13.3 Å². The number of ketones is 1. The van der Waals surface area contributed by atoms with Crippen LogP contribution in [0.4, 0.5) is 22.0 Å². The molecule has 154 valence electrons. The first kappa shape index (κ1) is 22.1. The van der Waals surface area contributed by atoms with E-state index in [9.17, 15) is 31.5 Å². The Kier molecular flexibility index (Phi) is 7.46. The van der Waals surface area contributed by atoms with E-state index in [1.54, 1.807) is 12.1 Å². The van der Waals surface area contributed by atoms with Gasteiger partial charge in [0.1, 0.15) is 5.70 Å². The molecule has 0 bridgehead atoms. The highest BCUT2D eigenvalue weighted by Crippen LogP contribution is 2.24. The van der Waals surface area contributed by atoms with Crippen LogP contribution in [-0.2, 0) is 16.0 Å². The second-order valence-corrected chi connectivity index (χ2v) is 5.75. The summed E-state index contributed by atoms with van der Waals surface area (Å²) < 4.78 is 72.2. The van der Waals surface area contributed by atoms with Crippen LogP contribution in [0.25, 0.3) is 0 Å². The van der Waals surface area contributed by atoms with E-state index in [1.807, 2.05) is 18.2 Å². The fraction of sp³-hybridized carbons (Fsp3) is 0.200. The van der Waals surface area contributed by atoms with Crippen molar-refractivity contribution in [1.29, 1.82) is 0 Å². The van der Waals surface area contributed by atoms with E-state index >= 15 is 0 Å². The zero-order valence-corrected chi connectivity index (χ0v) is 15.2. The van der Waals surface area contributed by atoms with Crippen LogP contribution in [0.2, 0.25) is 0 Å². The maximum atomic E-state index is 13.8. The quantitative estimate of drug-likeness (QED) is 0.178. The van der Waals surface area contributed by atoms with Crippen LogP contribution < -0.4 is 5.32 Å². The van der Waals surface area contributed by atoms with E-state index < -0.39 is 52.1 Å². The predicted molar refractivity (Wildman–Crippen MR) is 93.4 cm³/mol. The summed E-state index contributed by atoms with van der Waals surface area (Å²) in [6.45, 7) is 1.57. The van der Waals surface area contributed by atoms with Crippen LogP contribution in [0.5, 0.6) is 0 Å². The highest BCUT2D eigenvalue weighted by atomic mass is 19.2. The summed E-state index contributed by atoms with van der Waals surface area (Å²) in [6, 6.07) is 9.03. The fourth-order valence-electron chi connectivity index (χ4n) is 2.40. The van der Waals surface area contributed by atoms with Gasteiger partial charge >= 0.3 is 5.97 Å². The van der Waals surface area contributed by atoms with E-state index in [-0.39, 0.29) is 13.2 Å². The summed E-state index contributed by atoms with van der Waals surface area (Å²) in [5, 5.41) is 2.59. The Bertz CT molecular complexity index is 916. The SMILES string of the molecule is CCOC(=O)/C(=C/C(=O)c1c(F)c(F)c(F)c(F)c1F)NCCc1ccccc1. The number of allylic oxidation sites excluding steroid dienone is 1. The lowest BCUT2D eigenvalue weighted by molar-refractivity contribution is -0.138. The Balaban J connectivity index is 2.31. The van der Waals surface area contributed by atoms with Gasteiger partial charge in [-0.2, -0.15) is 0 Å². The van der Waals surface area contributed by atoms with Gasteiger partial charge < -0.3 is 10.1 Å². The molecular formula is C20H16F5NO3. The Morgan fingerprint density at radius 2 is 1.48 bits per heavy atom. The minimum absolute atomic E-state index is 0.0622. The molecular weight excluding hydrogens is 397 g/mol. The van der Waals surface area contributed by atoms with Crippen LogP contribution in [-0.4, -0.2) is 24.9 Å². The molecule has 0 aliphatic rings. The summed E-state index contributed by atoms with van der Waals surface area (Å²) in [5.41, 5.74) is -1.24. The van der Waals surface area contributed by atoms with Crippen LogP contribution in [0, 0.1) is 29.1 Å². The topological polar surface area (TPSA) is 55.4 Å². The third-order valence-corrected chi connectivity index (χ3v) is 3.80. The first-order valence-corrected chi connectivity index (χ1v) is 8.50. The minimum Gasteiger partial charge on any atom is -0.461 e. The molecule has 2 rings (SSSR count). The molecule has 0 saturated heterocycles. The third-order valence-electron chi connectivity index (χ3n) is 3.80. The van der Waals surface area contributed by atoms with Crippen molar-refractivity contribution in [1.82, 2.24) is 5.32 Å². The molecule has 0 amide bonds. The zero-order chi connectivity index (χ0) is 21.6. The van der Waals surface area contributed by atoms with Crippen molar-refractivity contribution >= 4 is 11.8 Å². The molecule has 0 aromatic heterocycles. The van der Waals surface area contributed by atoms with E-state index in [0.717, 1.165) is 5.56 Å². The average Bonchev–Trinajstić information content (AvgIpc) is 2.71. The van der Waals surface area contributed by atoms with Gasteiger partial charge in [0, 0.05) is 12.6 Å². The molecule has 0 atom stereocenters. The number of carbonyl (C=O) groups is 2. The van der Waals surface area contributed by atoms with Gasteiger partial charge in [-0.3, -0.25) is 4.79 Å². The van der Waals surface area contributed by atoms with Crippen molar-refractivity contribution in [2.75, 3.05) is 13.2 Å². The lowest BCUT2D eigenvalue weighted by Gasteiger charge is -2.11. The average molecular weight is 413 g/mol. The van der Waals surface area contributed by atoms with E-state index in [4.69, 9.17) is 4.74 Å². The maximum absolute atomic E-state index is 13.8. The Morgan fingerprint density at radius 3 is 2.03 bits per heavy atom. The van der Waals surface area contributed by atoms with Gasteiger partial charge in [-0.15, -0.1) is 0 Å². The summed E-state index contributed by atoms with van der Waals surface area (Å²) in [7, 11) is 0. The number of halogens is 5. The standard InChI is InChI=1S/C20H16F5NO3/c1-2-29-20(28)12(26-9-8-11-6-4-3-5-7-11)10-13(27)14-15(21)17(23)19(25)18(24)16(14)22/h3-7,10,26H,2,8-9H2,1H3/b12-10-. The zero-order valence-electron chi connectivity index (χ0n) is 15.2. The second-order valence-electron chi connectivity index (χ2n) is 5.75. The molecule has 0 aliphatic heterocycles. The molecule has 2 aromatic carbocycles. The lowest BCUT2D eigenvalue weighted by Crippen LogP contribution is -2.26. The summed E-state index contributed by atoms with van der Waals surface area (Å²) >= 11 is 0. The highest BCUT2D eigenvalue weighted by Gasteiger charge is 2.29. The lowest BCUT2D eigenvalue weighted by atomic mass is 10.1. The van der Waals surface area contributed by atoms with Crippen LogP contribution >= 0.6 is 0 Å². The molecule has 9 heteroatoms. The Labute approximate surface area is 163 Å². The van der Waals surface area contributed by atoms with Crippen molar-refractivity contribution < 1.29 is 36.3 Å². The molecule has 2 aromatic rings. The first-order chi connectivity index (χ1) is 13.8. The largest absolute Gasteiger partial charge is 0.461 e. The molecule has 0 heterocycles. The van der Waals surface area contributed by atoms with Gasteiger partial charge in [0.25, 0.3) is 0 Å². The number of benzene rings is 2. The van der Waals surface area contributed by atoms with Gasteiger partial charge in [-0.05, 0) is 18.9 Å². The second kappa shape index (κ2) is 9.81. The number of nitrogens with one attached hydrogen (secondary N) is 1. The fourth-order valence-corrected chi connectivity index (χ4v) is 2.40. The van der Waals surface area contributed by atoms with Gasteiger partial charge in [0.15, 0.2) is 29.1 Å². The number of rotatable bonds is 8. The highest BCUT2D eigenvalue weighted by molar-refractivity contribution is 6.08. The third kappa shape index (κ3) is 5.18. The Hall–Kier alpha value is -3.23. The molecule has 29 heavy (non-hydrogen) atoms. The van der Waals surface area contributed by atoms with Crippen LogP contribution in [0.15, 0.2) is 42.1 Å². The van der Waals surface area contributed by atoms with Crippen LogP contribution in [0.3, 0.4) is 0 Å². The number of hydrogen-bond acceptors (Lipinski definition) is 4. The van der Waals surface area contributed by atoms with E-state index in [1.165, 1.54) is 6.92 Å². The molecule has 0 aliphatic carbocycles. The summed E-state index contributed by atoms with van der Waals surface area (Å²) in [6.07, 6.45) is 0.871. The number of esters is 1. The normalized spacial score (nSPS) is 11.3. The van der Waals surface area contributed by atoms with E-state index in [2.05, 4.69) is 5.32 Å². The van der Waals surface area contributed by atoms with Crippen molar-refractivity contribution in [3.63, 3.8) is 0 Å². The van der Waals surface area contributed by atoms with Crippen LogP contribution in [0.1, 0.15) is 22.8 Å². The molecule has 4 nitrogen and oxygen atoms in total. The first-order valence-electron chi connectivity index (χ1n) is 8.50. The smallest absolute Gasteiger partial charge is 0.354 e. The van der Waals surface area contributed by atoms with Crippen molar-refractivity contribution in [3.05, 3.63) is 82.3 Å². The molecule has 0 unspecified atom stereocenters. The number of ether oxygens (including phenoxy) is 1. The maximum Gasteiger partial charge on any atom is 0.354 e. The van der Waals surface area contributed by atoms with Gasteiger partial charge in [0.2, 0.25) is 5.82 Å². The molecule has 0 spiro atoms. The van der Waals surface area contributed by atoms with Gasteiger partial charge in [-0.25, -0.2) is 26.7 Å².